The predicted octanol–water partition coefficient (Wildman–Crippen LogP) is 4.81. The van der Waals surface area contributed by atoms with Crippen molar-refractivity contribution in [2.75, 3.05) is 16.8 Å². The van der Waals surface area contributed by atoms with E-state index < -0.39 is 0 Å². The third-order valence-corrected chi connectivity index (χ3v) is 5.70. The molecule has 7 heteroatoms. The molecule has 0 radical (unpaired) electrons. The number of aryl methyl sites for hydroxylation is 1. The Morgan fingerprint density at radius 1 is 1.26 bits per heavy atom. The van der Waals surface area contributed by atoms with Crippen LogP contribution >= 0.6 is 11.3 Å². The molecule has 1 aromatic heterocycles. The van der Waals surface area contributed by atoms with Crippen molar-refractivity contribution >= 4 is 40.6 Å². The number of anilines is 2. The summed E-state index contributed by atoms with van der Waals surface area (Å²) in [5, 5.41) is 5.84. The number of ether oxygens (including phenoxy) is 1. The summed E-state index contributed by atoms with van der Waals surface area (Å²) in [6.45, 7) is 3.05. The lowest BCUT2D eigenvalue weighted by Crippen LogP contribution is -2.23. The van der Waals surface area contributed by atoms with Crippen LogP contribution in [0.25, 0.3) is 6.08 Å². The normalized spacial score (nSPS) is 13.7. The van der Waals surface area contributed by atoms with E-state index in [9.17, 15) is 9.59 Å². The first kappa shape index (κ1) is 20.8. The fraction of sp³-hybridized carbons (Fsp3) is 0.208. The van der Waals surface area contributed by atoms with Crippen molar-refractivity contribution in [3.05, 3.63) is 76.3 Å². The van der Waals surface area contributed by atoms with Gasteiger partial charge < -0.3 is 15.0 Å². The molecule has 1 saturated heterocycles. The molecule has 2 heterocycles. The van der Waals surface area contributed by atoms with Crippen molar-refractivity contribution in [2.45, 2.75) is 26.4 Å². The number of benzene rings is 2. The first-order valence-corrected chi connectivity index (χ1v) is 11.0. The van der Waals surface area contributed by atoms with Gasteiger partial charge in [0.2, 0.25) is 11.8 Å². The Kier molecular flexibility index (Phi) is 6.43. The molecule has 1 aliphatic heterocycles. The van der Waals surface area contributed by atoms with E-state index in [1.54, 1.807) is 22.3 Å². The lowest BCUT2D eigenvalue weighted by atomic mass is 10.2. The molecule has 2 aromatic carbocycles. The molecule has 0 atom stereocenters. The van der Waals surface area contributed by atoms with Crippen molar-refractivity contribution in [1.82, 2.24) is 4.98 Å². The molecule has 31 heavy (non-hydrogen) atoms. The van der Waals surface area contributed by atoms with Crippen LogP contribution in [-0.2, 0) is 16.2 Å². The van der Waals surface area contributed by atoms with Gasteiger partial charge in [-0.3, -0.25) is 9.59 Å². The van der Waals surface area contributed by atoms with Crippen molar-refractivity contribution in [3.63, 3.8) is 0 Å². The van der Waals surface area contributed by atoms with E-state index in [0.29, 0.717) is 31.0 Å². The van der Waals surface area contributed by atoms with Crippen LogP contribution in [0.15, 0.2) is 60.0 Å². The summed E-state index contributed by atoms with van der Waals surface area (Å²) in [5.41, 5.74) is 3.15. The predicted molar refractivity (Wildman–Crippen MR) is 123 cm³/mol. The van der Waals surface area contributed by atoms with Gasteiger partial charge >= 0.3 is 0 Å². The van der Waals surface area contributed by atoms with Gasteiger partial charge in [0, 0.05) is 41.4 Å². The molecule has 0 unspecified atom stereocenters. The number of para-hydroxylation sites is 1. The number of aromatic nitrogens is 1. The minimum absolute atomic E-state index is 0.118. The fourth-order valence-electron chi connectivity index (χ4n) is 3.40. The zero-order chi connectivity index (χ0) is 21.6. The van der Waals surface area contributed by atoms with E-state index in [1.807, 2.05) is 60.8 Å². The summed E-state index contributed by atoms with van der Waals surface area (Å²) < 4.78 is 5.89. The molecule has 2 amide bonds. The van der Waals surface area contributed by atoms with Gasteiger partial charge in [0.15, 0.2) is 0 Å². The molecule has 1 N–H and O–H groups in total. The van der Waals surface area contributed by atoms with Gasteiger partial charge in [-0.25, -0.2) is 4.98 Å². The number of nitrogens with zero attached hydrogens (tertiary/aromatic N) is 2. The van der Waals surface area contributed by atoms with E-state index in [-0.39, 0.29) is 11.8 Å². The van der Waals surface area contributed by atoms with Gasteiger partial charge in [0.25, 0.3) is 0 Å². The fourth-order valence-corrected chi connectivity index (χ4v) is 4.00. The maximum absolute atomic E-state index is 12.4. The van der Waals surface area contributed by atoms with E-state index in [1.165, 1.54) is 6.08 Å². The smallest absolute Gasteiger partial charge is 0.248 e. The highest BCUT2D eigenvalue weighted by Gasteiger charge is 2.21. The second kappa shape index (κ2) is 9.57. The maximum Gasteiger partial charge on any atom is 0.248 e. The topological polar surface area (TPSA) is 71.5 Å². The highest BCUT2D eigenvalue weighted by atomic mass is 32.1. The van der Waals surface area contributed by atoms with Crippen LogP contribution in [0.3, 0.4) is 0 Å². The first-order valence-electron chi connectivity index (χ1n) is 10.1. The zero-order valence-electron chi connectivity index (χ0n) is 17.2. The quantitative estimate of drug-likeness (QED) is 0.543. The van der Waals surface area contributed by atoms with Gasteiger partial charge in [0.1, 0.15) is 12.4 Å². The van der Waals surface area contributed by atoms with Crippen molar-refractivity contribution in [3.8, 4) is 5.75 Å². The summed E-state index contributed by atoms with van der Waals surface area (Å²) in [6.07, 6.45) is 4.64. The second-order valence-corrected chi connectivity index (χ2v) is 8.27. The Morgan fingerprint density at radius 2 is 2.13 bits per heavy atom. The van der Waals surface area contributed by atoms with Crippen LogP contribution in [-0.4, -0.2) is 23.3 Å². The molecular weight excluding hydrogens is 410 g/mol. The van der Waals surface area contributed by atoms with Gasteiger partial charge in [-0.05, 0) is 43.7 Å². The van der Waals surface area contributed by atoms with Crippen LogP contribution < -0.4 is 15.0 Å². The Balaban J connectivity index is 1.40. The number of hydrogen-bond acceptors (Lipinski definition) is 5. The molecule has 0 bridgehead atoms. The number of thiazole rings is 1. The SMILES string of the molecule is Cc1nc(COc2ccccc2/C=C/C(=O)Nc2cccc(N3CCCC3=O)c2)cs1. The molecule has 0 saturated carbocycles. The van der Waals surface area contributed by atoms with E-state index in [2.05, 4.69) is 10.3 Å². The third-order valence-electron chi connectivity index (χ3n) is 4.87. The zero-order valence-corrected chi connectivity index (χ0v) is 18.0. The van der Waals surface area contributed by atoms with Crippen LogP contribution in [0.5, 0.6) is 5.75 Å². The Hall–Kier alpha value is -3.45. The number of carbonyl (C=O) groups excluding carboxylic acids is 2. The Bertz CT molecular complexity index is 1120. The lowest BCUT2D eigenvalue weighted by Gasteiger charge is -2.16. The highest BCUT2D eigenvalue weighted by molar-refractivity contribution is 7.09. The van der Waals surface area contributed by atoms with Gasteiger partial charge in [-0.15, -0.1) is 11.3 Å². The molecule has 1 aliphatic rings. The lowest BCUT2D eigenvalue weighted by molar-refractivity contribution is -0.117. The number of rotatable bonds is 7. The van der Waals surface area contributed by atoms with Crippen LogP contribution in [0.4, 0.5) is 11.4 Å². The third kappa shape index (κ3) is 5.38. The number of carbonyl (C=O) groups is 2. The molecule has 1 fully saturated rings. The maximum atomic E-state index is 12.4. The minimum Gasteiger partial charge on any atom is -0.487 e. The van der Waals surface area contributed by atoms with E-state index >= 15 is 0 Å². The van der Waals surface area contributed by atoms with Crippen molar-refractivity contribution in [2.24, 2.45) is 0 Å². The van der Waals surface area contributed by atoms with Gasteiger partial charge in [-0.2, -0.15) is 0 Å². The average Bonchev–Trinajstić information content (AvgIpc) is 3.39. The molecule has 3 aromatic rings. The molecule has 0 aliphatic carbocycles. The highest BCUT2D eigenvalue weighted by Crippen LogP contribution is 2.25. The number of amides is 2. The molecule has 0 spiro atoms. The molecule has 6 nitrogen and oxygen atoms in total. The summed E-state index contributed by atoms with van der Waals surface area (Å²) in [6, 6.07) is 14.9. The van der Waals surface area contributed by atoms with Crippen LogP contribution in [0.1, 0.15) is 29.1 Å². The van der Waals surface area contributed by atoms with Crippen molar-refractivity contribution in [1.29, 1.82) is 0 Å². The number of nitrogens with one attached hydrogen (secondary N) is 1. The molecule has 158 valence electrons. The molecular formula is C24H23N3O3S. The van der Waals surface area contributed by atoms with E-state index in [0.717, 1.165) is 28.4 Å². The van der Waals surface area contributed by atoms with Gasteiger partial charge in [-0.1, -0.05) is 24.3 Å². The van der Waals surface area contributed by atoms with Crippen molar-refractivity contribution < 1.29 is 14.3 Å². The summed E-state index contributed by atoms with van der Waals surface area (Å²) in [5.74, 6) is 0.550. The monoisotopic (exact) mass is 433 g/mol. The Morgan fingerprint density at radius 3 is 2.90 bits per heavy atom. The average molecular weight is 434 g/mol. The standard InChI is InChI=1S/C24H23N3O3S/c1-17-25-20(16-31-17)15-30-22-9-3-2-6-18(22)11-12-23(28)26-19-7-4-8-21(14-19)27-13-5-10-24(27)29/h2-4,6-9,11-12,14,16H,5,10,13,15H2,1H3,(H,26,28)/b12-11+. The summed E-state index contributed by atoms with van der Waals surface area (Å²) >= 11 is 1.59. The van der Waals surface area contributed by atoms with Crippen LogP contribution in [0.2, 0.25) is 0 Å². The van der Waals surface area contributed by atoms with E-state index in [4.69, 9.17) is 4.74 Å². The number of hydrogen-bond donors (Lipinski definition) is 1. The minimum atomic E-state index is -0.255. The largest absolute Gasteiger partial charge is 0.487 e. The van der Waals surface area contributed by atoms with Crippen LogP contribution in [0, 0.1) is 6.92 Å². The Labute approximate surface area is 185 Å². The summed E-state index contributed by atoms with van der Waals surface area (Å²) in [7, 11) is 0. The summed E-state index contributed by atoms with van der Waals surface area (Å²) in [4.78, 5) is 30.6. The first-order chi connectivity index (χ1) is 15.1. The second-order valence-electron chi connectivity index (χ2n) is 7.21. The van der Waals surface area contributed by atoms with Gasteiger partial charge in [0.05, 0.1) is 10.7 Å². The molecule has 4 rings (SSSR count).